The topological polar surface area (TPSA) is 90.0 Å². The molecule has 0 saturated carbocycles. The molecule has 2 fully saturated rings. The monoisotopic (exact) mass is 495 g/mol. The van der Waals surface area contributed by atoms with E-state index < -0.39 is 23.2 Å². The van der Waals surface area contributed by atoms with Crippen LogP contribution in [0.2, 0.25) is 0 Å². The number of aliphatic hydroxyl groups excluding tert-OH is 1. The van der Waals surface area contributed by atoms with Gasteiger partial charge in [-0.1, -0.05) is 50.2 Å². The number of aliphatic hydroxyl groups is 1. The van der Waals surface area contributed by atoms with Crippen molar-refractivity contribution in [2.75, 3.05) is 26.7 Å². The molecule has 2 aromatic rings. The molecule has 2 heterocycles. The summed E-state index contributed by atoms with van der Waals surface area (Å²) in [4.78, 5) is 43.2. The molecule has 0 bridgehead atoms. The Morgan fingerprint density at radius 1 is 1.14 bits per heavy atom. The largest absolute Gasteiger partial charge is 0.392 e. The van der Waals surface area contributed by atoms with E-state index in [4.69, 9.17) is 0 Å². The highest BCUT2D eigenvalue weighted by atomic mass is 19.1. The summed E-state index contributed by atoms with van der Waals surface area (Å²) in [7, 11) is 1.83. The van der Waals surface area contributed by atoms with E-state index in [1.165, 1.54) is 12.1 Å². The summed E-state index contributed by atoms with van der Waals surface area (Å²) in [5.41, 5.74) is 0.795. The second-order valence-corrected chi connectivity index (χ2v) is 10.3. The summed E-state index contributed by atoms with van der Waals surface area (Å²) in [6.07, 6.45) is 1.10. The van der Waals surface area contributed by atoms with Gasteiger partial charge in [-0.3, -0.25) is 14.4 Å². The molecule has 2 aliphatic rings. The Kier molecular flexibility index (Phi) is 7.45. The van der Waals surface area contributed by atoms with Gasteiger partial charge >= 0.3 is 0 Å². The Morgan fingerprint density at radius 2 is 1.81 bits per heavy atom. The predicted molar refractivity (Wildman–Crippen MR) is 133 cm³/mol. The number of benzene rings is 2. The van der Waals surface area contributed by atoms with Crippen LogP contribution in [0.4, 0.5) is 4.39 Å². The molecule has 7 nitrogen and oxygen atoms in total. The SMILES string of the molecule is CC(C)[C@@H](NC(=O)c1cc(CO)ccc1F)C(=O)N1CCC2(CC1)C(=O)N(C)CC2c1ccccc1. The number of piperidine rings is 1. The Balaban J connectivity index is 1.49. The van der Waals surface area contributed by atoms with Gasteiger partial charge in [0.05, 0.1) is 17.6 Å². The second kappa shape index (κ2) is 10.4. The van der Waals surface area contributed by atoms with E-state index in [1.54, 1.807) is 9.80 Å². The minimum atomic E-state index is -0.837. The lowest BCUT2D eigenvalue weighted by atomic mass is 9.68. The molecule has 36 heavy (non-hydrogen) atoms. The first-order valence-electron chi connectivity index (χ1n) is 12.5. The van der Waals surface area contributed by atoms with Crippen molar-refractivity contribution in [3.63, 3.8) is 0 Å². The first-order chi connectivity index (χ1) is 17.2. The average Bonchev–Trinajstić information content (AvgIpc) is 3.12. The Bertz CT molecular complexity index is 1130. The lowest BCUT2D eigenvalue weighted by Gasteiger charge is -2.42. The lowest BCUT2D eigenvalue weighted by Crippen LogP contribution is -2.55. The number of nitrogens with one attached hydrogen (secondary N) is 1. The molecule has 3 amide bonds. The van der Waals surface area contributed by atoms with Gasteiger partial charge < -0.3 is 20.2 Å². The second-order valence-electron chi connectivity index (χ2n) is 10.3. The van der Waals surface area contributed by atoms with Crippen molar-refractivity contribution < 1.29 is 23.9 Å². The summed E-state index contributed by atoms with van der Waals surface area (Å²) >= 11 is 0. The standard InChI is InChI=1S/C28H34FN3O4/c1-18(2)24(30-25(34)21-15-19(17-33)9-10-23(21)29)26(35)32-13-11-28(12-14-32)22(16-31(3)27(28)36)20-7-5-4-6-8-20/h4-10,15,18,22,24,33H,11-14,16-17H2,1-3H3,(H,30,34)/t22?,24-/m1/s1. The number of carbonyl (C=O) groups is 3. The van der Waals surface area contributed by atoms with E-state index in [9.17, 15) is 23.9 Å². The van der Waals surface area contributed by atoms with Crippen LogP contribution < -0.4 is 5.32 Å². The van der Waals surface area contributed by atoms with E-state index in [0.717, 1.165) is 11.6 Å². The molecule has 0 aliphatic carbocycles. The number of halogens is 1. The maximum atomic E-state index is 14.3. The summed E-state index contributed by atoms with van der Waals surface area (Å²) in [5.74, 6) is -1.68. The fourth-order valence-electron chi connectivity index (χ4n) is 5.63. The maximum absolute atomic E-state index is 14.3. The fraction of sp³-hybridized carbons (Fsp3) is 0.464. The molecule has 0 radical (unpaired) electrons. The highest BCUT2D eigenvalue weighted by Crippen LogP contribution is 2.50. The van der Waals surface area contributed by atoms with Crippen LogP contribution in [0.3, 0.4) is 0 Å². The average molecular weight is 496 g/mol. The number of likely N-dealkylation sites (tertiary alicyclic amines) is 2. The van der Waals surface area contributed by atoms with Gasteiger partial charge in [0.1, 0.15) is 11.9 Å². The Labute approximate surface area is 211 Å². The lowest BCUT2D eigenvalue weighted by molar-refractivity contribution is -0.143. The van der Waals surface area contributed by atoms with Gasteiger partial charge in [0, 0.05) is 32.6 Å². The summed E-state index contributed by atoms with van der Waals surface area (Å²) in [5, 5.41) is 12.0. The highest BCUT2D eigenvalue weighted by Gasteiger charge is 2.54. The summed E-state index contributed by atoms with van der Waals surface area (Å²) in [6, 6.07) is 13.1. The van der Waals surface area contributed by atoms with Crippen molar-refractivity contribution in [2.45, 2.75) is 45.3 Å². The van der Waals surface area contributed by atoms with Crippen molar-refractivity contribution in [3.05, 3.63) is 71.0 Å². The van der Waals surface area contributed by atoms with Gasteiger partial charge in [-0.05, 0) is 42.0 Å². The van der Waals surface area contributed by atoms with Gasteiger partial charge in [-0.2, -0.15) is 0 Å². The summed E-state index contributed by atoms with van der Waals surface area (Å²) < 4.78 is 14.3. The molecular formula is C28H34FN3O4. The van der Waals surface area contributed by atoms with Crippen LogP contribution in [-0.4, -0.2) is 65.4 Å². The third-order valence-electron chi connectivity index (χ3n) is 7.74. The smallest absolute Gasteiger partial charge is 0.254 e. The zero-order chi connectivity index (χ0) is 26.0. The van der Waals surface area contributed by atoms with Crippen LogP contribution >= 0.6 is 0 Å². The molecule has 1 unspecified atom stereocenters. The summed E-state index contributed by atoms with van der Waals surface area (Å²) in [6.45, 7) is 4.82. The molecular weight excluding hydrogens is 461 g/mol. The first-order valence-corrected chi connectivity index (χ1v) is 12.5. The minimum absolute atomic E-state index is 0.0656. The number of likely N-dealkylation sites (N-methyl/N-ethyl adjacent to an activating group) is 1. The van der Waals surface area contributed by atoms with Crippen molar-refractivity contribution in [2.24, 2.45) is 11.3 Å². The zero-order valence-electron chi connectivity index (χ0n) is 21.0. The quantitative estimate of drug-likeness (QED) is 0.645. The van der Waals surface area contributed by atoms with Crippen molar-refractivity contribution in [1.29, 1.82) is 0 Å². The van der Waals surface area contributed by atoms with E-state index in [0.29, 0.717) is 38.0 Å². The van der Waals surface area contributed by atoms with Gasteiger partial charge in [-0.25, -0.2) is 4.39 Å². The molecule has 8 heteroatoms. The van der Waals surface area contributed by atoms with Crippen LogP contribution in [-0.2, 0) is 16.2 Å². The van der Waals surface area contributed by atoms with E-state index in [-0.39, 0.29) is 35.8 Å². The molecule has 4 rings (SSSR count). The van der Waals surface area contributed by atoms with Gasteiger partial charge in [-0.15, -0.1) is 0 Å². The third kappa shape index (κ3) is 4.74. The van der Waals surface area contributed by atoms with E-state index in [2.05, 4.69) is 17.4 Å². The molecule has 2 N–H and O–H groups in total. The van der Waals surface area contributed by atoms with Crippen LogP contribution in [0.1, 0.15) is 54.1 Å². The third-order valence-corrected chi connectivity index (χ3v) is 7.74. The molecule has 192 valence electrons. The number of rotatable bonds is 6. The molecule has 0 aromatic heterocycles. The molecule has 2 saturated heterocycles. The minimum Gasteiger partial charge on any atom is -0.392 e. The van der Waals surface area contributed by atoms with Crippen molar-refractivity contribution >= 4 is 17.7 Å². The van der Waals surface area contributed by atoms with Crippen molar-refractivity contribution in [3.8, 4) is 0 Å². The normalized spacial score (nSPS) is 20.2. The molecule has 2 aliphatic heterocycles. The number of amides is 3. The number of hydrogen-bond acceptors (Lipinski definition) is 4. The first kappa shape index (κ1) is 25.8. The van der Waals surface area contributed by atoms with E-state index >= 15 is 0 Å². The van der Waals surface area contributed by atoms with Gasteiger partial charge in [0.25, 0.3) is 5.91 Å². The van der Waals surface area contributed by atoms with Crippen LogP contribution in [0.25, 0.3) is 0 Å². The number of carbonyl (C=O) groups excluding carboxylic acids is 3. The maximum Gasteiger partial charge on any atom is 0.254 e. The van der Waals surface area contributed by atoms with Crippen LogP contribution in [0.5, 0.6) is 0 Å². The number of hydrogen-bond donors (Lipinski definition) is 2. The fourth-order valence-corrected chi connectivity index (χ4v) is 5.63. The Hall–Kier alpha value is -3.26. The van der Waals surface area contributed by atoms with Crippen molar-refractivity contribution in [1.82, 2.24) is 15.1 Å². The van der Waals surface area contributed by atoms with Crippen LogP contribution in [0, 0.1) is 17.2 Å². The molecule has 2 atom stereocenters. The number of nitrogens with zero attached hydrogens (tertiary/aromatic N) is 2. The van der Waals surface area contributed by atoms with Crippen LogP contribution in [0.15, 0.2) is 48.5 Å². The predicted octanol–water partition coefficient (Wildman–Crippen LogP) is 2.94. The highest BCUT2D eigenvalue weighted by molar-refractivity contribution is 5.98. The Morgan fingerprint density at radius 3 is 2.42 bits per heavy atom. The molecule has 1 spiro atoms. The van der Waals surface area contributed by atoms with E-state index in [1.807, 2.05) is 39.1 Å². The zero-order valence-corrected chi connectivity index (χ0v) is 21.0. The molecule has 2 aromatic carbocycles. The van der Waals surface area contributed by atoms with Gasteiger partial charge in [0.15, 0.2) is 0 Å². The van der Waals surface area contributed by atoms with Gasteiger partial charge in [0.2, 0.25) is 11.8 Å².